The third-order valence-corrected chi connectivity index (χ3v) is 2.30. The Morgan fingerprint density at radius 1 is 1.59 bits per heavy atom. The van der Waals surface area contributed by atoms with E-state index in [-0.39, 0.29) is 24.1 Å². The van der Waals surface area contributed by atoms with Gasteiger partial charge in [0.1, 0.15) is 0 Å². The van der Waals surface area contributed by atoms with Crippen LogP contribution in [0.2, 0.25) is 0 Å². The van der Waals surface area contributed by atoms with E-state index >= 15 is 0 Å². The highest BCUT2D eigenvalue weighted by molar-refractivity contribution is 5.76. The van der Waals surface area contributed by atoms with E-state index in [1.165, 1.54) is 12.4 Å². The first-order valence-electron chi connectivity index (χ1n) is 5.28. The Morgan fingerprint density at radius 3 is 3.18 bits per heavy atom. The molecule has 0 bridgehead atoms. The SMILES string of the molecule is CC(CO)COc1nc2cnccc2c(=O)[nH]1. The maximum Gasteiger partial charge on any atom is 0.297 e. The Bertz CT molecular complexity index is 567. The number of aromatic amines is 1. The average molecular weight is 235 g/mol. The van der Waals surface area contributed by atoms with Crippen molar-refractivity contribution < 1.29 is 9.84 Å². The van der Waals surface area contributed by atoms with Gasteiger partial charge in [0.15, 0.2) is 0 Å². The van der Waals surface area contributed by atoms with Gasteiger partial charge in [0.05, 0.1) is 23.7 Å². The standard InChI is InChI=1S/C11H13N3O3/c1-7(5-15)6-17-11-13-9-4-12-3-2-8(9)10(16)14-11/h2-4,7,15H,5-6H2,1H3,(H,13,14,16). The van der Waals surface area contributed by atoms with E-state index in [1.54, 1.807) is 6.07 Å². The van der Waals surface area contributed by atoms with Crippen molar-refractivity contribution in [3.63, 3.8) is 0 Å². The van der Waals surface area contributed by atoms with Gasteiger partial charge in [0.2, 0.25) is 0 Å². The lowest BCUT2D eigenvalue weighted by Crippen LogP contribution is -2.16. The van der Waals surface area contributed by atoms with Gasteiger partial charge in [0.25, 0.3) is 11.6 Å². The molecule has 2 aromatic heterocycles. The lowest BCUT2D eigenvalue weighted by Gasteiger charge is -2.09. The van der Waals surface area contributed by atoms with Gasteiger partial charge in [-0.1, -0.05) is 6.92 Å². The van der Waals surface area contributed by atoms with E-state index in [1.807, 2.05) is 6.92 Å². The Hall–Kier alpha value is -1.95. The molecular formula is C11H13N3O3. The molecule has 0 spiro atoms. The highest BCUT2D eigenvalue weighted by Gasteiger charge is 2.06. The third kappa shape index (κ3) is 2.59. The number of nitrogens with one attached hydrogen (secondary N) is 1. The van der Waals surface area contributed by atoms with Crippen LogP contribution in [0.5, 0.6) is 6.01 Å². The van der Waals surface area contributed by atoms with Gasteiger partial charge in [-0.25, -0.2) is 0 Å². The molecule has 17 heavy (non-hydrogen) atoms. The summed E-state index contributed by atoms with van der Waals surface area (Å²) in [6, 6.07) is 1.75. The van der Waals surface area contributed by atoms with Crippen LogP contribution in [-0.4, -0.2) is 33.3 Å². The summed E-state index contributed by atoms with van der Waals surface area (Å²) in [7, 11) is 0. The van der Waals surface area contributed by atoms with Crippen LogP contribution in [0.1, 0.15) is 6.92 Å². The molecule has 0 saturated heterocycles. The van der Waals surface area contributed by atoms with Crippen LogP contribution in [0.3, 0.4) is 0 Å². The number of hydrogen-bond donors (Lipinski definition) is 2. The summed E-state index contributed by atoms with van der Waals surface area (Å²) in [6.07, 6.45) is 3.04. The van der Waals surface area contributed by atoms with Crippen LogP contribution in [0, 0.1) is 5.92 Å². The molecule has 0 fully saturated rings. The van der Waals surface area contributed by atoms with Crippen molar-refractivity contribution in [1.82, 2.24) is 15.0 Å². The second kappa shape index (κ2) is 4.92. The molecule has 0 aliphatic heterocycles. The Labute approximate surface area is 97.3 Å². The number of ether oxygens (including phenoxy) is 1. The van der Waals surface area contributed by atoms with Crippen molar-refractivity contribution in [2.75, 3.05) is 13.2 Å². The Kier molecular flexibility index (Phi) is 3.34. The van der Waals surface area contributed by atoms with Crippen molar-refractivity contribution in [2.24, 2.45) is 5.92 Å². The maximum absolute atomic E-state index is 11.7. The van der Waals surface area contributed by atoms with Crippen LogP contribution in [0.25, 0.3) is 10.9 Å². The Balaban J connectivity index is 2.28. The number of nitrogens with zero attached hydrogens (tertiary/aromatic N) is 2. The minimum Gasteiger partial charge on any atom is -0.464 e. The first-order chi connectivity index (χ1) is 8.20. The molecule has 90 valence electrons. The molecule has 0 saturated carbocycles. The number of fused-ring (bicyclic) bond motifs is 1. The minimum atomic E-state index is -0.260. The molecule has 0 aliphatic rings. The molecule has 0 aromatic carbocycles. The lowest BCUT2D eigenvalue weighted by atomic mass is 10.2. The summed E-state index contributed by atoms with van der Waals surface area (Å²) >= 11 is 0. The molecule has 2 heterocycles. The molecule has 2 rings (SSSR count). The molecule has 1 atom stereocenters. The summed E-state index contributed by atoms with van der Waals surface area (Å²) in [5.74, 6) is -0.00935. The van der Waals surface area contributed by atoms with Gasteiger partial charge < -0.3 is 9.84 Å². The van der Waals surface area contributed by atoms with Gasteiger partial charge in [0, 0.05) is 18.7 Å². The van der Waals surface area contributed by atoms with Crippen molar-refractivity contribution in [1.29, 1.82) is 0 Å². The second-order valence-corrected chi connectivity index (χ2v) is 3.86. The fourth-order valence-electron chi connectivity index (χ4n) is 1.31. The number of aliphatic hydroxyl groups excluding tert-OH is 1. The number of aromatic nitrogens is 3. The number of hydrogen-bond acceptors (Lipinski definition) is 5. The molecular weight excluding hydrogens is 222 g/mol. The summed E-state index contributed by atoms with van der Waals surface area (Å²) in [4.78, 5) is 22.2. The van der Waals surface area contributed by atoms with E-state index in [9.17, 15) is 4.79 Å². The van der Waals surface area contributed by atoms with Crippen molar-refractivity contribution in [3.8, 4) is 6.01 Å². The van der Waals surface area contributed by atoms with E-state index in [2.05, 4.69) is 15.0 Å². The second-order valence-electron chi connectivity index (χ2n) is 3.86. The highest BCUT2D eigenvalue weighted by atomic mass is 16.5. The molecule has 1 unspecified atom stereocenters. The predicted octanol–water partition coefficient (Wildman–Crippen LogP) is 0.325. The summed E-state index contributed by atoms with van der Waals surface area (Å²) in [5, 5.41) is 9.33. The zero-order chi connectivity index (χ0) is 12.3. The number of rotatable bonds is 4. The quantitative estimate of drug-likeness (QED) is 0.797. The Morgan fingerprint density at radius 2 is 2.41 bits per heavy atom. The largest absolute Gasteiger partial charge is 0.464 e. The van der Waals surface area contributed by atoms with Crippen LogP contribution in [0.15, 0.2) is 23.3 Å². The first kappa shape index (κ1) is 11.5. The normalized spacial score (nSPS) is 12.6. The monoisotopic (exact) mass is 235 g/mol. The summed E-state index contributed by atoms with van der Waals surface area (Å²) < 4.78 is 5.29. The average Bonchev–Trinajstić information content (AvgIpc) is 2.36. The predicted molar refractivity (Wildman–Crippen MR) is 61.9 cm³/mol. The van der Waals surface area contributed by atoms with Gasteiger partial charge in [-0.2, -0.15) is 4.98 Å². The van der Waals surface area contributed by atoms with E-state index in [0.717, 1.165) is 0 Å². The number of aliphatic hydroxyl groups is 1. The molecule has 6 nitrogen and oxygen atoms in total. The van der Waals surface area contributed by atoms with Gasteiger partial charge in [-0.15, -0.1) is 0 Å². The van der Waals surface area contributed by atoms with Gasteiger partial charge in [-0.05, 0) is 6.07 Å². The smallest absolute Gasteiger partial charge is 0.297 e. The number of H-pyrrole nitrogens is 1. The van der Waals surface area contributed by atoms with E-state index in [0.29, 0.717) is 17.5 Å². The van der Waals surface area contributed by atoms with Crippen LogP contribution < -0.4 is 10.3 Å². The van der Waals surface area contributed by atoms with Gasteiger partial charge in [-0.3, -0.25) is 14.8 Å². The maximum atomic E-state index is 11.7. The zero-order valence-electron chi connectivity index (χ0n) is 9.38. The fourth-order valence-corrected chi connectivity index (χ4v) is 1.31. The summed E-state index contributed by atoms with van der Waals surface area (Å²) in [5.41, 5.74) is 0.229. The summed E-state index contributed by atoms with van der Waals surface area (Å²) in [6.45, 7) is 2.16. The van der Waals surface area contributed by atoms with Crippen molar-refractivity contribution in [3.05, 3.63) is 28.8 Å². The molecule has 0 aliphatic carbocycles. The first-order valence-corrected chi connectivity index (χ1v) is 5.28. The topological polar surface area (TPSA) is 88.1 Å². The molecule has 0 radical (unpaired) electrons. The molecule has 2 N–H and O–H groups in total. The van der Waals surface area contributed by atoms with Crippen LogP contribution >= 0.6 is 0 Å². The highest BCUT2D eigenvalue weighted by Crippen LogP contribution is 2.08. The van der Waals surface area contributed by atoms with Crippen LogP contribution in [-0.2, 0) is 0 Å². The fraction of sp³-hybridized carbons (Fsp3) is 0.364. The zero-order valence-corrected chi connectivity index (χ0v) is 9.38. The molecule has 6 heteroatoms. The van der Waals surface area contributed by atoms with Crippen molar-refractivity contribution >= 4 is 10.9 Å². The van der Waals surface area contributed by atoms with E-state index < -0.39 is 0 Å². The van der Waals surface area contributed by atoms with Crippen molar-refractivity contribution in [2.45, 2.75) is 6.92 Å². The van der Waals surface area contributed by atoms with Gasteiger partial charge >= 0.3 is 0 Å². The van der Waals surface area contributed by atoms with E-state index in [4.69, 9.17) is 9.84 Å². The van der Waals surface area contributed by atoms with Crippen LogP contribution in [0.4, 0.5) is 0 Å². The minimum absolute atomic E-state index is 0.00935. The molecule has 2 aromatic rings. The third-order valence-electron chi connectivity index (χ3n) is 2.30. The number of pyridine rings is 1. The lowest BCUT2D eigenvalue weighted by molar-refractivity contribution is 0.167. The molecule has 0 amide bonds.